The molecule has 6 nitrogen and oxygen atoms in total. The highest BCUT2D eigenvalue weighted by Crippen LogP contribution is 2.08. The van der Waals surface area contributed by atoms with Crippen LogP contribution in [0.5, 0.6) is 0 Å². The molecule has 14 heavy (non-hydrogen) atoms. The van der Waals surface area contributed by atoms with Gasteiger partial charge in [-0.1, -0.05) is 6.92 Å². The second-order valence-electron chi connectivity index (χ2n) is 3.42. The Hall–Kier alpha value is -1.59. The first kappa shape index (κ1) is 10.5. The Labute approximate surface area is 81.4 Å². The fourth-order valence-electron chi connectivity index (χ4n) is 1.20. The Morgan fingerprint density at radius 2 is 2.21 bits per heavy atom. The van der Waals surface area contributed by atoms with Crippen LogP contribution in [0.25, 0.3) is 0 Å². The summed E-state index contributed by atoms with van der Waals surface area (Å²) in [4.78, 5) is 34.3. The van der Waals surface area contributed by atoms with E-state index in [0.29, 0.717) is 0 Å². The molecule has 2 unspecified atom stereocenters. The number of urea groups is 1. The van der Waals surface area contributed by atoms with E-state index < -0.39 is 23.9 Å². The zero-order valence-electron chi connectivity index (χ0n) is 8.11. The fourth-order valence-corrected chi connectivity index (χ4v) is 1.20. The largest absolute Gasteiger partial charge is 0.369 e. The predicted molar refractivity (Wildman–Crippen MR) is 48.1 cm³/mol. The van der Waals surface area contributed by atoms with Gasteiger partial charge in [-0.15, -0.1) is 0 Å². The van der Waals surface area contributed by atoms with E-state index in [4.69, 9.17) is 5.73 Å². The lowest BCUT2D eigenvalue weighted by Crippen LogP contribution is -2.39. The molecule has 0 spiro atoms. The van der Waals surface area contributed by atoms with Crippen molar-refractivity contribution in [3.05, 3.63) is 0 Å². The molecule has 1 heterocycles. The third-order valence-electron chi connectivity index (χ3n) is 2.16. The number of primary amides is 1. The Kier molecular flexibility index (Phi) is 2.73. The van der Waals surface area contributed by atoms with Crippen LogP contribution in [0, 0.1) is 5.92 Å². The van der Waals surface area contributed by atoms with E-state index in [2.05, 4.69) is 5.32 Å². The number of nitrogens with zero attached hydrogens (tertiary/aromatic N) is 1. The van der Waals surface area contributed by atoms with E-state index in [1.807, 2.05) is 0 Å². The molecular formula is C8H13N3O3. The highest BCUT2D eigenvalue weighted by Gasteiger charge is 2.36. The number of imide groups is 1. The summed E-state index contributed by atoms with van der Waals surface area (Å²) in [5.74, 6) is -1.36. The van der Waals surface area contributed by atoms with Gasteiger partial charge in [0.05, 0.1) is 5.92 Å². The predicted octanol–water partition coefficient (Wildman–Crippen LogP) is -0.952. The van der Waals surface area contributed by atoms with Gasteiger partial charge >= 0.3 is 6.03 Å². The zero-order chi connectivity index (χ0) is 10.9. The van der Waals surface area contributed by atoms with E-state index in [-0.39, 0.29) is 12.5 Å². The van der Waals surface area contributed by atoms with Gasteiger partial charge in [0.15, 0.2) is 0 Å². The summed E-state index contributed by atoms with van der Waals surface area (Å²) >= 11 is 0. The van der Waals surface area contributed by atoms with Crippen molar-refractivity contribution < 1.29 is 14.4 Å². The molecule has 4 amide bonds. The highest BCUT2D eigenvalue weighted by molar-refractivity contribution is 6.04. The summed E-state index contributed by atoms with van der Waals surface area (Å²) in [6.45, 7) is 3.21. The molecule has 0 saturated carbocycles. The van der Waals surface area contributed by atoms with Gasteiger partial charge in [-0.3, -0.25) is 14.5 Å². The molecule has 0 aromatic rings. The van der Waals surface area contributed by atoms with Crippen LogP contribution in [0.15, 0.2) is 0 Å². The second-order valence-corrected chi connectivity index (χ2v) is 3.42. The molecule has 78 valence electrons. The standard InChI is InChI=1S/C8H13N3O3/c1-4(6(9)12)3-11-7(13)5(2)10-8(11)14/h4-5H,3H2,1-2H3,(H2,9,12)(H,10,14). The van der Waals surface area contributed by atoms with Crippen LogP contribution in [0.1, 0.15) is 13.8 Å². The molecule has 6 heteroatoms. The number of carbonyl (C=O) groups is 3. The maximum absolute atomic E-state index is 11.4. The molecule has 2 atom stereocenters. The summed E-state index contributed by atoms with van der Waals surface area (Å²) in [5.41, 5.74) is 5.03. The van der Waals surface area contributed by atoms with Crippen LogP contribution in [-0.2, 0) is 9.59 Å². The molecule has 1 saturated heterocycles. The van der Waals surface area contributed by atoms with Gasteiger partial charge in [0, 0.05) is 6.54 Å². The maximum atomic E-state index is 11.4. The van der Waals surface area contributed by atoms with E-state index in [1.165, 1.54) is 0 Å². The molecule has 1 aliphatic heterocycles. The van der Waals surface area contributed by atoms with Gasteiger partial charge in [-0.05, 0) is 6.92 Å². The molecule has 1 aliphatic rings. The maximum Gasteiger partial charge on any atom is 0.324 e. The van der Waals surface area contributed by atoms with Crippen molar-refractivity contribution >= 4 is 17.8 Å². The zero-order valence-corrected chi connectivity index (χ0v) is 8.11. The van der Waals surface area contributed by atoms with Crippen LogP contribution < -0.4 is 11.1 Å². The third-order valence-corrected chi connectivity index (χ3v) is 2.16. The molecule has 1 rings (SSSR count). The van der Waals surface area contributed by atoms with Crippen LogP contribution in [0.2, 0.25) is 0 Å². The first-order valence-corrected chi connectivity index (χ1v) is 4.34. The van der Waals surface area contributed by atoms with Gasteiger partial charge in [0.2, 0.25) is 5.91 Å². The molecule has 0 aliphatic carbocycles. The number of carbonyl (C=O) groups excluding carboxylic acids is 3. The minimum Gasteiger partial charge on any atom is -0.369 e. The Morgan fingerprint density at radius 3 is 2.57 bits per heavy atom. The Morgan fingerprint density at radius 1 is 1.64 bits per heavy atom. The Bertz CT molecular complexity index is 290. The third kappa shape index (κ3) is 1.84. The summed E-state index contributed by atoms with van der Waals surface area (Å²) in [7, 11) is 0. The van der Waals surface area contributed by atoms with Crippen molar-refractivity contribution in [1.29, 1.82) is 0 Å². The van der Waals surface area contributed by atoms with Crippen molar-refractivity contribution in [3.63, 3.8) is 0 Å². The fraction of sp³-hybridized carbons (Fsp3) is 0.625. The topological polar surface area (TPSA) is 92.5 Å². The first-order chi connectivity index (χ1) is 6.43. The van der Waals surface area contributed by atoms with Gasteiger partial charge < -0.3 is 11.1 Å². The minimum atomic E-state index is -0.523. The van der Waals surface area contributed by atoms with Crippen molar-refractivity contribution in [2.45, 2.75) is 19.9 Å². The molecular weight excluding hydrogens is 186 g/mol. The van der Waals surface area contributed by atoms with Gasteiger partial charge in [-0.2, -0.15) is 0 Å². The monoisotopic (exact) mass is 199 g/mol. The molecule has 1 fully saturated rings. The molecule has 0 radical (unpaired) electrons. The SMILES string of the molecule is CC(CN1C(=O)NC(C)C1=O)C(N)=O. The number of rotatable bonds is 3. The summed E-state index contributed by atoms with van der Waals surface area (Å²) in [5, 5.41) is 2.45. The minimum absolute atomic E-state index is 0.0460. The van der Waals surface area contributed by atoms with E-state index in [0.717, 1.165) is 4.90 Å². The lowest BCUT2D eigenvalue weighted by molar-refractivity contribution is -0.128. The lowest BCUT2D eigenvalue weighted by Gasteiger charge is -2.15. The van der Waals surface area contributed by atoms with E-state index in [1.54, 1.807) is 13.8 Å². The number of nitrogens with two attached hydrogens (primary N) is 1. The number of nitrogens with one attached hydrogen (secondary N) is 1. The quantitative estimate of drug-likeness (QED) is 0.574. The molecule has 3 N–H and O–H groups in total. The van der Waals surface area contributed by atoms with Crippen molar-refractivity contribution in [3.8, 4) is 0 Å². The normalized spacial score (nSPS) is 23.6. The van der Waals surface area contributed by atoms with Crippen molar-refractivity contribution in [2.75, 3.05) is 6.54 Å². The number of amides is 4. The second kappa shape index (κ2) is 3.65. The summed E-state index contributed by atoms with van der Waals surface area (Å²) in [6.07, 6.45) is 0. The lowest BCUT2D eigenvalue weighted by atomic mass is 10.1. The van der Waals surface area contributed by atoms with Crippen molar-refractivity contribution in [2.24, 2.45) is 11.7 Å². The van der Waals surface area contributed by atoms with Crippen LogP contribution in [0.3, 0.4) is 0 Å². The van der Waals surface area contributed by atoms with Crippen LogP contribution in [0.4, 0.5) is 4.79 Å². The average Bonchev–Trinajstić information content (AvgIpc) is 2.32. The average molecular weight is 199 g/mol. The van der Waals surface area contributed by atoms with Crippen LogP contribution >= 0.6 is 0 Å². The highest BCUT2D eigenvalue weighted by atomic mass is 16.2. The first-order valence-electron chi connectivity index (χ1n) is 4.34. The summed E-state index contributed by atoms with van der Waals surface area (Å²) in [6, 6.07) is -0.974. The smallest absolute Gasteiger partial charge is 0.324 e. The molecule has 0 bridgehead atoms. The molecule has 0 aromatic heterocycles. The number of hydrogen-bond donors (Lipinski definition) is 2. The van der Waals surface area contributed by atoms with Gasteiger partial charge in [0.25, 0.3) is 5.91 Å². The van der Waals surface area contributed by atoms with E-state index >= 15 is 0 Å². The van der Waals surface area contributed by atoms with Gasteiger partial charge in [-0.25, -0.2) is 4.79 Å². The van der Waals surface area contributed by atoms with Gasteiger partial charge in [0.1, 0.15) is 6.04 Å². The van der Waals surface area contributed by atoms with E-state index in [9.17, 15) is 14.4 Å². The van der Waals surface area contributed by atoms with Crippen molar-refractivity contribution in [1.82, 2.24) is 10.2 Å². The van der Waals surface area contributed by atoms with Crippen LogP contribution in [-0.4, -0.2) is 35.3 Å². The number of hydrogen-bond acceptors (Lipinski definition) is 3. The Balaban J connectivity index is 2.65. The molecule has 0 aromatic carbocycles. The summed E-state index contributed by atoms with van der Waals surface area (Å²) < 4.78 is 0.